The van der Waals surface area contributed by atoms with Crippen LogP contribution in [0, 0.1) is 15.5 Å². The number of ketones is 1. The van der Waals surface area contributed by atoms with Crippen LogP contribution in [-0.4, -0.2) is 44.1 Å². The Kier molecular flexibility index (Phi) is 9.70. The summed E-state index contributed by atoms with van der Waals surface area (Å²) >= 11 is 13.0. The summed E-state index contributed by atoms with van der Waals surface area (Å²) < 4.78 is 11.9. The van der Waals surface area contributed by atoms with E-state index in [0.29, 0.717) is 28.6 Å². The standard InChI is InChI=1S/C27H27ClN2O6S2/c1-5-14-38-21-15-29(25(21)32)22(26(37)35-16-17-6-10-19(11-7-17)30(33)34)23(24(31)27(2,3)4)36-20-12-8-18(28)9-13-20/h5-13,21H,1,14-16H2,2-4H3. The summed E-state index contributed by atoms with van der Waals surface area (Å²) in [5.41, 5.74) is -0.238. The molecular weight excluding hydrogens is 548 g/mol. The molecule has 2 aromatic carbocycles. The van der Waals surface area contributed by atoms with E-state index in [1.54, 1.807) is 63.2 Å². The van der Waals surface area contributed by atoms with E-state index in [1.165, 1.54) is 28.8 Å². The van der Waals surface area contributed by atoms with Gasteiger partial charge < -0.3 is 14.4 Å². The van der Waals surface area contributed by atoms with Crippen LogP contribution in [0.25, 0.3) is 0 Å². The highest BCUT2D eigenvalue weighted by Gasteiger charge is 2.44. The number of thioether (sulfide) groups is 1. The SMILES string of the molecule is C=CCSC1CN(C(C(=S)OCc2ccc([N+](=O)[O-])cc2)=C(Oc2ccc(Cl)cc2)C(=O)C(C)(C)C)C1=O. The molecule has 0 aliphatic carbocycles. The van der Waals surface area contributed by atoms with Crippen LogP contribution in [0.15, 0.2) is 72.6 Å². The molecular formula is C27H27ClN2O6S2. The largest absolute Gasteiger partial charge is 0.477 e. The third-order valence-corrected chi connectivity index (χ3v) is 7.17. The molecule has 0 N–H and O–H groups in total. The van der Waals surface area contributed by atoms with E-state index in [0.717, 1.165) is 0 Å². The Morgan fingerprint density at radius 3 is 2.39 bits per heavy atom. The van der Waals surface area contributed by atoms with Gasteiger partial charge in [-0.15, -0.1) is 18.3 Å². The van der Waals surface area contributed by atoms with E-state index in [2.05, 4.69) is 6.58 Å². The van der Waals surface area contributed by atoms with Crippen LogP contribution >= 0.6 is 35.6 Å². The number of hydrogen-bond donors (Lipinski definition) is 0. The predicted molar refractivity (Wildman–Crippen MR) is 152 cm³/mol. The van der Waals surface area contributed by atoms with Crippen molar-refractivity contribution in [2.24, 2.45) is 5.41 Å². The van der Waals surface area contributed by atoms with Crippen LogP contribution in [0.3, 0.4) is 0 Å². The second-order valence-corrected chi connectivity index (χ2v) is 11.4. The van der Waals surface area contributed by atoms with Crippen molar-refractivity contribution in [2.45, 2.75) is 32.6 Å². The van der Waals surface area contributed by atoms with Crippen LogP contribution in [0.1, 0.15) is 26.3 Å². The molecule has 1 saturated heterocycles. The molecule has 1 aliphatic rings. The number of non-ortho nitro benzene ring substituents is 1. The van der Waals surface area contributed by atoms with Gasteiger partial charge in [-0.1, -0.05) is 38.4 Å². The summed E-state index contributed by atoms with van der Waals surface area (Å²) in [6.07, 6.45) is 1.72. The Hall–Kier alpha value is -3.21. The van der Waals surface area contributed by atoms with Gasteiger partial charge in [0, 0.05) is 34.9 Å². The van der Waals surface area contributed by atoms with Crippen LogP contribution < -0.4 is 4.74 Å². The molecule has 1 amide bonds. The van der Waals surface area contributed by atoms with Crippen molar-refractivity contribution in [3.05, 3.63) is 93.3 Å². The molecule has 0 bridgehead atoms. The first kappa shape index (κ1) is 29.3. The number of thiocarbonyl (C=S) groups is 1. The van der Waals surface area contributed by atoms with Gasteiger partial charge in [-0.3, -0.25) is 19.7 Å². The molecule has 38 heavy (non-hydrogen) atoms. The third-order valence-electron chi connectivity index (χ3n) is 5.42. The predicted octanol–water partition coefficient (Wildman–Crippen LogP) is 6.13. The van der Waals surface area contributed by atoms with Crippen LogP contribution in [-0.2, 0) is 20.9 Å². The molecule has 0 radical (unpaired) electrons. The highest BCUT2D eigenvalue weighted by molar-refractivity contribution is 8.00. The fourth-order valence-electron chi connectivity index (χ4n) is 3.32. The minimum atomic E-state index is -0.869. The smallest absolute Gasteiger partial charge is 0.269 e. The van der Waals surface area contributed by atoms with Crippen molar-refractivity contribution in [1.82, 2.24) is 4.90 Å². The second kappa shape index (κ2) is 12.6. The lowest BCUT2D eigenvalue weighted by atomic mass is 9.88. The van der Waals surface area contributed by atoms with E-state index < -0.39 is 10.3 Å². The summed E-state index contributed by atoms with van der Waals surface area (Å²) in [6.45, 7) is 9.17. The first-order valence-electron chi connectivity index (χ1n) is 11.6. The minimum Gasteiger partial charge on any atom is -0.477 e. The van der Waals surface area contributed by atoms with E-state index in [-0.39, 0.29) is 45.7 Å². The van der Waals surface area contributed by atoms with Crippen LogP contribution in [0.4, 0.5) is 5.69 Å². The number of benzene rings is 2. The molecule has 0 spiro atoms. The van der Waals surface area contributed by atoms with Crippen molar-refractivity contribution >= 4 is 58.0 Å². The molecule has 11 heteroatoms. The number of ether oxygens (including phenoxy) is 2. The van der Waals surface area contributed by atoms with E-state index in [4.69, 9.17) is 33.3 Å². The number of nitro groups is 1. The first-order chi connectivity index (χ1) is 17.9. The highest BCUT2D eigenvalue weighted by Crippen LogP contribution is 2.34. The summed E-state index contributed by atoms with van der Waals surface area (Å²) in [5, 5.41) is 11.0. The van der Waals surface area contributed by atoms with Gasteiger partial charge in [-0.2, -0.15) is 0 Å². The van der Waals surface area contributed by atoms with Crippen LogP contribution in [0.2, 0.25) is 5.02 Å². The number of Topliss-reactive ketones (excluding diaryl/α,β-unsaturated/α-hetero) is 1. The monoisotopic (exact) mass is 574 g/mol. The van der Waals surface area contributed by atoms with Crippen molar-refractivity contribution in [3.8, 4) is 5.75 Å². The number of likely N-dealkylation sites (tertiary alicyclic amines) is 1. The number of rotatable bonds is 11. The van der Waals surface area contributed by atoms with Gasteiger partial charge >= 0.3 is 0 Å². The maximum atomic E-state index is 13.6. The fourth-order valence-corrected chi connectivity index (χ4v) is 4.61. The molecule has 2 aromatic rings. The van der Waals surface area contributed by atoms with Gasteiger partial charge in [0.2, 0.25) is 16.7 Å². The van der Waals surface area contributed by atoms with Gasteiger partial charge in [-0.05, 0) is 54.2 Å². The topological polar surface area (TPSA) is 99.0 Å². The van der Waals surface area contributed by atoms with Crippen molar-refractivity contribution in [2.75, 3.05) is 12.3 Å². The lowest BCUT2D eigenvalue weighted by molar-refractivity contribution is -0.384. The number of amides is 1. The minimum absolute atomic E-state index is 0.0328. The average Bonchev–Trinajstić information content (AvgIpc) is 2.88. The first-order valence-corrected chi connectivity index (χ1v) is 13.4. The number of carbonyl (C=O) groups excluding carboxylic acids is 2. The summed E-state index contributed by atoms with van der Waals surface area (Å²) in [7, 11) is 0. The fraction of sp³-hybridized carbons (Fsp3) is 0.296. The Balaban J connectivity index is 2.00. The number of hydrogen-bond acceptors (Lipinski definition) is 8. The van der Waals surface area contributed by atoms with Gasteiger partial charge in [0.15, 0.2) is 5.76 Å². The number of β-lactam (4-membered cyclic amide) rings is 1. The normalized spacial score (nSPS) is 15.7. The van der Waals surface area contributed by atoms with E-state index in [1.807, 2.05) is 0 Å². The lowest BCUT2D eigenvalue weighted by Crippen LogP contribution is -2.56. The molecule has 8 nitrogen and oxygen atoms in total. The summed E-state index contributed by atoms with van der Waals surface area (Å²) in [5.74, 6) is 0.211. The molecule has 1 fully saturated rings. The molecule has 1 aliphatic heterocycles. The zero-order valence-electron chi connectivity index (χ0n) is 21.1. The van der Waals surface area contributed by atoms with Gasteiger partial charge in [0.05, 0.1) is 4.92 Å². The van der Waals surface area contributed by atoms with Crippen molar-refractivity contribution in [1.29, 1.82) is 0 Å². The van der Waals surface area contributed by atoms with E-state index in [9.17, 15) is 19.7 Å². The zero-order valence-corrected chi connectivity index (χ0v) is 23.5. The summed E-state index contributed by atoms with van der Waals surface area (Å²) in [6, 6.07) is 12.3. The quantitative estimate of drug-likeness (QED) is 0.0601. The molecule has 3 rings (SSSR count). The molecule has 1 atom stereocenters. The zero-order chi connectivity index (χ0) is 28.0. The molecule has 0 aromatic heterocycles. The number of carbonyl (C=O) groups is 2. The molecule has 1 heterocycles. The van der Waals surface area contributed by atoms with Gasteiger partial charge in [0.1, 0.15) is 23.3 Å². The Morgan fingerprint density at radius 2 is 1.87 bits per heavy atom. The number of allylic oxidation sites excluding steroid dienone is 1. The highest BCUT2D eigenvalue weighted by atomic mass is 35.5. The molecule has 200 valence electrons. The molecule has 1 unspecified atom stereocenters. The Morgan fingerprint density at radius 1 is 1.24 bits per heavy atom. The number of halogens is 1. The third kappa shape index (κ3) is 7.21. The summed E-state index contributed by atoms with van der Waals surface area (Å²) in [4.78, 5) is 38.6. The average molecular weight is 575 g/mol. The van der Waals surface area contributed by atoms with Crippen molar-refractivity contribution < 1.29 is 24.0 Å². The number of nitro benzene ring substituents is 1. The molecule has 0 saturated carbocycles. The maximum absolute atomic E-state index is 13.6. The Labute approximate surface area is 235 Å². The van der Waals surface area contributed by atoms with Gasteiger partial charge in [-0.25, -0.2) is 0 Å². The second-order valence-electron chi connectivity index (χ2n) is 9.37. The van der Waals surface area contributed by atoms with Gasteiger partial charge in [0.25, 0.3) is 5.69 Å². The van der Waals surface area contributed by atoms with E-state index >= 15 is 0 Å². The lowest BCUT2D eigenvalue weighted by Gasteiger charge is -2.40. The van der Waals surface area contributed by atoms with Crippen LogP contribution in [0.5, 0.6) is 5.75 Å². The number of nitrogens with zero attached hydrogens (tertiary/aromatic N) is 2. The Bertz CT molecular complexity index is 1270. The van der Waals surface area contributed by atoms with Crippen molar-refractivity contribution in [3.63, 3.8) is 0 Å². The maximum Gasteiger partial charge on any atom is 0.269 e.